The fourth-order valence-corrected chi connectivity index (χ4v) is 5.23. The lowest BCUT2D eigenvalue weighted by atomic mass is 9.93. The van der Waals surface area contributed by atoms with Crippen LogP contribution < -0.4 is 14.8 Å². The van der Waals surface area contributed by atoms with Crippen LogP contribution in [0.15, 0.2) is 102 Å². The van der Waals surface area contributed by atoms with Crippen LogP contribution in [0.5, 0.6) is 11.5 Å². The molecule has 10 rings (SSSR count). The molecule has 2 fully saturated rings. The van der Waals surface area contributed by atoms with Gasteiger partial charge in [-0.3, -0.25) is 29.8 Å². The minimum absolute atomic E-state index is 0.0810. The number of benzene rings is 1. The molecule has 316 valence electrons. The molecule has 3 N–H and O–H groups in total. The number of aryl methyl sites for hydroxylation is 6. The maximum atomic E-state index is 12.3. The van der Waals surface area contributed by atoms with Crippen molar-refractivity contribution in [2.75, 3.05) is 13.1 Å². The first-order valence-electron chi connectivity index (χ1n) is 18.6. The first-order chi connectivity index (χ1) is 27.6. The highest BCUT2D eigenvalue weighted by Crippen LogP contribution is 2.40. The summed E-state index contributed by atoms with van der Waals surface area (Å²) in [6.45, 7) is 19.3. The summed E-state index contributed by atoms with van der Waals surface area (Å²) < 4.78 is 34.6. The van der Waals surface area contributed by atoms with E-state index in [1.165, 1.54) is 54.9 Å². The second-order valence-electron chi connectivity index (χ2n) is 13.9. The Kier molecular flexibility index (Phi) is 23.6. The van der Waals surface area contributed by atoms with Gasteiger partial charge in [-0.15, -0.1) is 42.8 Å². The van der Waals surface area contributed by atoms with Gasteiger partial charge >= 0.3 is 6.29 Å². The summed E-state index contributed by atoms with van der Waals surface area (Å²) in [5.74, 6) is 1.25. The number of aromatic nitrogens is 9. The maximum absolute atomic E-state index is 12.3. The zero-order valence-electron chi connectivity index (χ0n) is 34.9. The van der Waals surface area contributed by atoms with Crippen LogP contribution in [0.4, 0.5) is 8.78 Å². The fraction of sp³-hybridized carbons (Fsp3) is 0.415. The van der Waals surface area contributed by atoms with Gasteiger partial charge in [0.2, 0.25) is 0 Å². The van der Waals surface area contributed by atoms with Gasteiger partial charge in [-0.05, 0) is 88.7 Å². The Hall–Kier alpha value is -4.84. The molecule has 3 aliphatic rings. The molecule has 0 spiro atoms. The normalized spacial score (nSPS) is 14.2. The van der Waals surface area contributed by atoms with Crippen LogP contribution in [0, 0.1) is 46.0 Å². The molecule has 0 amide bonds. The Labute approximate surface area is 353 Å². The van der Waals surface area contributed by atoms with Crippen LogP contribution in [0.1, 0.15) is 66.9 Å². The number of thiazole rings is 3. The predicted octanol–water partition coefficient (Wildman–Crippen LogP) is 10.6. The van der Waals surface area contributed by atoms with Crippen molar-refractivity contribution in [3.63, 3.8) is 0 Å². The average molecular weight is 857 g/mol. The quantitative estimate of drug-likeness (QED) is 0.136. The van der Waals surface area contributed by atoms with Gasteiger partial charge in [0.1, 0.15) is 0 Å². The number of hydrogen-bond acceptors (Lipinski definition) is 12. The summed E-state index contributed by atoms with van der Waals surface area (Å²) in [6, 6.07) is 9.86. The summed E-state index contributed by atoms with van der Waals surface area (Å²) in [6.07, 6.45) is 13.5. The lowest BCUT2D eigenvalue weighted by Gasteiger charge is -2.12. The molecule has 12 nitrogen and oxygen atoms in total. The Bertz CT molecular complexity index is 1630. The van der Waals surface area contributed by atoms with Crippen LogP contribution in [-0.2, 0) is 7.05 Å². The molecule has 2 aliphatic heterocycles. The number of H-pyrrole nitrogens is 2. The van der Waals surface area contributed by atoms with Crippen LogP contribution in [0.25, 0.3) is 0 Å². The van der Waals surface area contributed by atoms with Gasteiger partial charge in [0.05, 0.1) is 22.2 Å². The summed E-state index contributed by atoms with van der Waals surface area (Å²) in [5, 5.41) is 25.1. The number of rotatable bonds is 0. The van der Waals surface area contributed by atoms with Gasteiger partial charge in [-0.25, -0.2) is 0 Å². The molecule has 1 saturated carbocycles. The van der Waals surface area contributed by atoms with E-state index >= 15 is 0 Å². The standard InChI is InChI=1S/C7H4F2O2.C6H13N.3C4H6N2.3C4H5NS.C4H8/c8-7(9)10-5-3-1-2-4-6(5)11-7;1-6(2)3-4-7-5-6;1-4-2-5-6-3-4;1-6-4-2-3-5-6;1-4-2-3-5-6-4;1-4-2-6-3-5-4;1-4-2-5-3-6-4;1-4-5-2-3-6-4;1-4-2-3-4/h1-4H;7H,3-5H2,1-2H3;2-3H,1H3,(H,5,6);2-4H,1H3;2-3H,1H3,(H,5,6);3*2-3H,1H3;4H,2-3H2,1H3. The smallest absolute Gasteiger partial charge is 0.395 e. The van der Waals surface area contributed by atoms with Crippen molar-refractivity contribution in [3.8, 4) is 11.5 Å². The zero-order valence-corrected chi connectivity index (χ0v) is 37.3. The number of halogens is 2. The van der Waals surface area contributed by atoms with E-state index in [-0.39, 0.29) is 11.5 Å². The van der Waals surface area contributed by atoms with Gasteiger partial charge in [-0.2, -0.15) is 15.3 Å². The zero-order chi connectivity index (χ0) is 42.7. The molecule has 0 unspecified atom stereocenters. The van der Waals surface area contributed by atoms with Crippen molar-refractivity contribution >= 4 is 34.0 Å². The van der Waals surface area contributed by atoms with Gasteiger partial charge in [0, 0.05) is 77.8 Å². The highest BCUT2D eigenvalue weighted by molar-refractivity contribution is 7.09. The average Bonchev–Trinajstić information content (AvgIpc) is 4.00. The number of fused-ring (bicyclic) bond motifs is 1. The van der Waals surface area contributed by atoms with Crippen molar-refractivity contribution in [3.05, 3.63) is 128 Å². The van der Waals surface area contributed by atoms with Crippen LogP contribution in [0.2, 0.25) is 0 Å². The predicted molar refractivity (Wildman–Crippen MR) is 233 cm³/mol. The fourth-order valence-electron chi connectivity index (χ4n) is 3.84. The Balaban J connectivity index is 0.000000228. The maximum Gasteiger partial charge on any atom is 0.586 e. The van der Waals surface area contributed by atoms with Crippen LogP contribution >= 0.6 is 34.0 Å². The number of nitrogens with one attached hydrogen (secondary N) is 3. The largest absolute Gasteiger partial charge is 0.586 e. The summed E-state index contributed by atoms with van der Waals surface area (Å²) in [7, 11) is 1.89. The third-order valence-electron chi connectivity index (χ3n) is 7.33. The van der Waals surface area contributed by atoms with E-state index in [9.17, 15) is 8.78 Å². The van der Waals surface area contributed by atoms with E-state index in [1.807, 2.05) is 94.2 Å². The molecule has 0 radical (unpaired) electrons. The number of para-hydroxylation sites is 2. The molecule has 8 heterocycles. The van der Waals surface area contributed by atoms with Crippen molar-refractivity contribution in [1.82, 2.24) is 50.4 Å². The molecule has 1 aliphatic carbocycles. The molecular weight excluding hydrogens is 799 g/mol. The van der Waals surface area contributed by atoms with E-state index in [0.29, 0.717) is 5.41 Å². The minimum atomic E-state index is -3.50. The summed E-state index contributed by atoms with van der Waals surface area (Å²) in [5.41, 5.74) is 7.63. The second-order valence-corrected chi connectivity index (χ2v) is 16.8. The van der Waals surface area contributed by atoms with Crippen LogP contribution in [-0.4, -0.2) is 64.5 Å². The Morgan fingerprint density at radius 1 is 0.862 bits per heavy atom. The number of ether oxygens (including phenoxy) is 2. The van der Waals surface area contributed by atoms with Crippen molar-refractivity contribution in [1.29, 1.82) is 0 Å². The molecule has 17 heteroatoms. The van der Waals surface area contributed by atoms with Crippen molar-refractivity contribution in [2.45, 2.75) is 80.9 Å². The summed E-state index contributed by atoms with van der Waals surface area (Å²) in [4.78, 5) is 13.0. The highest BCUT2D eigenvalue weighted by atomic mass is 32.1. The molecule has 1 saturated heterocycles. The summed E-state index contributed by atoms with van der Waals surface area (Å²) >= 11 is 4.96. The van der Waals surface area contributed by atoms with Gasteiger partial charge < -0.3 is 14.8 Å². The Morgan fingerprint density at radius 2 is 1.57 bits per heavy atom. The van der Waals surface area contributed by atoms with E-state index in [2.05, 4.69) is 76.0 Å². The number of hydrogen-bond donors (Lipinski definition) is 3. The number of aromatic amines is 2. The SMILES string of the molecule is CC1(C)CCNC1.CC1CC1.Cc1ccn[nH]1.Cc1cn[nH]c1.Cc1cncs1.Cc1cscn1.Cc1nccs1.Cn1cccn1.FC1(F)Oc2ccccc2O1. The van der Waals surface area contributed by atoms with Gasteiger partial charge in [-0.1, -0.05) is 45.7 Å². The van der Waals surface area contributed by atoms with Crippen molar-refractivity contribution < 1.29 is 18.3 Å². The third kappa shape index (κ3) is 26.1. The molecule has 1 aromatic carbocycles. The lowest BCUT2D eigenvalue weighted by molar-refractivity contribution is -0.286. The monoisotopic (exact) mass is 856 g/mol. The van der Waals surface area contributed by atoms with E-state index in [0.717, 1.165) is 22.3 Å². The van der Waals surface area contributed by atoms with E-state index in [1.54, 1.807) is 75.6 Å². The molecule has 7 aromatic rings. The van der Waals surface area contributed by atoms with E-state index < -0.39 is 6.29 Å². The first kappa shape index (κ1) is 49.3. The Morgan fingerprint density at radius 3 is 1.78 bits per heavy atom. The van der Waals surface area contributed by atoms with Gasteiger partial charge in [0.25, 0.3) is 0 Å². The van der Waals surface area contributed by atoms with Crippen LogP contribution in [0.3, 0.4) is 0 Å². The van der Waals surface area contributed by atoms with E-state index in [4.69, 9.17) is 0 Å². The van der Waals surface area contributed by atoms with Crippen molar-refractivity contribution in [2.24, 2.45) is 18.4 Å². The molecule has 0 bridgehead atoms. The molecular formula is C41H58F2N10O2S3. The lowest BCUT2D eigenvalue weighted by Crippen LogP contribution is -2.25. The molecule has 6 aromatic heterocycles. The molecule has 0 atom stereocenters. The third-order valence-corrected chi connectivity index (χ3v) is 9.45. The number of alkyl halides is 2. The second kappa shape index (κ2) is 27.7. The first-order valence-corrected chi connectivity index (χ1v) is 21.3. The highest BCUT2D eigenvalue weighted by Gasteiger charge is 2.43. The number of nitrogens with zero attached hydrogens (tertiary/aromatic N) is 7. The minimum Gasteiger partial charge on any atom is -0.395 e. The molecule has 58 heavy (non-hydrogen) atoms. The van der Waals surface area contributed by atoms with Gasteiger partial charge in [0.15, 0.2) is 11.5 Å². The topological polar surface area (TPSA) is 144 Å².